The van der Waals surface area contributed by atoms with E-state index in [1.807, 2.05) is 30.3 Å². The quantitative estimate of drug-likeness (QED) is 0.583. The number of aromatic nitrogens is 4. The summed E-state index contributed by atoms with van der Waals surface area (Å²) in [7, 11) is 0. The minimum atomic E-state index is 0.245. The number of hydrogen-bond donors (Lipinski definition) is 1. The number of H-pyrrole nitrogens is 1. The van der Waals surface area contributed by atoms with Crippen LogP contribution in [-0.2, 0) is 0 Å². The highest BCUT2D eigenvalue weighted by Gasteiger charge is 2.17. The van der Waals surface area contributed by atoms with E-state index in [0.29, 0.717) is 0 Å². The molecule has 0 fully saturated rings. The number of hydrogen-bond acceptors (Lipinski definition) is 5. The number of aromatic amines is 1. The van der Waals surface area contributed by atoms with Crippen molar-refractivity contribution in [3.63, 3.8) is 0 Å². The summed E-state index contributed by atoms with van der Waals surface area (Å²) in [5.41, 5.74) is 3.67. The summed E-state index contributed by atoms with van der Waals surface area (Å²) in [6, 6.07) is 9.91. The van der Waals surface area contributed by atoms with Crippen LogP contribution in [0.1, 0.15) is 0 Å². The smallest absolute Gasteiger partial charge is 0.231 e. The van der Waals surface area contributed by atoms with Gasteiger partial charge in [-0.15, -0.1) is 0 Å². The van der Waals surface area contributed by atoms with E-state index in [-0.39, 0.29) is 6.79 Å². The van der Waals surface area contributed by atoms with Crippen molar-refractivity contribution < 1.29 is 9.47 Å². The van der Waals surface area contributed by atoms with Gasteiger partial charge in [-0.2, -0.15) is 5.10 Å². The van der Waals surface area contributed by atoms with Gasteiger partial charge in [-0.1, -0.05) is 12.1 Å². The molecule has 0 bridgehead atoms. The maximum atomic E-state index is 5.46. The lowest BCUT2D eigenvalue weighted by atomic mass is 10.0. The highest BCUT2D eigenvalue weighted by Crippen LogP contribution is 2.38. The molecule has 0 aliphatic carbocycles. The van der Waals surface area contributed by atoms with Crippen LogP contribution in [0.5, 0.6) is 11.5 Å². The lowest BCUT2D eigenvalue weighted by Gasteiger charge is -2.06. The topological polar surface area (TPSA) is 72.9 Å². The van der Waals surface area contributed by atoms with E-state index in [0.717, 1.165) is 44.6 Å². The first-order valence-electron chi connectivity index (χ1n) is 6.86. The highest BCUT2D eigenvalue weighted by atomic mass is 16.7. The molecule has 22 heavy (non-hydrogen) atoms. The molecule has 0 saturated carbocycles. The maximum Gasteiger partial charge on any atom is 0.231 e. The monoisotopic (exact) mass is 290 g/mol. The second-order valence-corrected chi connectivity index (χ2v) is 5.12. The van der Waals surface area contributed by atoms with Gasteiger partial charge < -0.3 is 9.47 Å². The van der Waals surface area contributed by atoms with E-state index in [9.17, 15) is 0 Å². The lowest BCUT2D eigenvalue weighted by molar-refractivity contribution is 0.174. The van der Waals surface area contributed by atoms with Gasteiger partial charge in [0.1, 0.15) is 6.33 Å². The molecule has 4 aromatic rings. The molecule has 1 aliphatic heterocycles. The van der Waals surface area contributed by atoms with Crippen LogP contribution in [0.4, 0.5) is 0 Å². The van der Waals surface area contributed by atoms with Crippen LogP contribution in [0.2, 0.25) is 0 Å². The van der Waals surface area contributed by atoms with Crippen molar-refractivity contribution in [3.8, 4) is 22.8 Å². The number of benzene rings is 2. The summed E-state index contributed by atoms with van der Waals surface area (Å²) in [5.74, 6) is 1.45. The minimum absolute atomic E-state index is 0.245. The Morgan fingerprint density at radius 3 is 2.86 bits per heavy atom. The molecule has 0 atom stereocenters. The van der Waals surface area contributed by atoms with Gasteiger partial charge in [0.2, 0.25) is 6.79 Å². The average molecular weight is 290 g/mol. The maximum absolute atomic E-state index is 5.46. The molecule has 106 valence electrons. The third-order valence-electron chi connectivity index (χ3n) is 3.85. The van der Waals surface area contributed by atoms with Crippen molar-refractivity contribution in [1.29, 1.82) is 0 Å². The van der Waals surface area contributed by atoms with Crippen LogP contribution in [0.25, 0.3) is 33.1 Å². The van der Waals surface area contributed by atoms with Crippen LogP contribution in [0.3, 0.4) is 0 Å². The first-order chi connectivity index (χ1) is 10.9. The molecule has 2 aromatic heterocycles. The largest absolute Gasteiger partial charge is 0.454 e. The highest BCUT2D eigenvalue weighted by molar-refractivity contribution is 5.96. The average Bonchev–Trinajstić information content (AvgIpc) is 3.19. The van der Waals surface area contributed by atoms with Crippen molar-refractivity contribution in [3.05, 3.63) is 42.9 Å². The summed E-state index contributed by atoms with van der Waals surface area (Å²) in [6.45, 7) is 0.245. The Kier molecular flexibility index (Phi) is 2.18. The molecule has 1 N–H and O–H groups in total. The Bertz CT molecular complexity index is 1030. The zero-order chi connectivity index (χ0) is 14.5. The SMILES string of the molecule is c1nc(-c2ccc3cn[nH]c3c2)c2cc3c(cc2n1)OCO3. The third kappa shape index (κ3) is 1.57. The molecule has 0 radical (unpaired) electrons. The van der Waals surface area contributed by atoms with E-state index in [4.69, 9.17) is 9.47 Å². The predicted octanol–water partition coefficient (Wildman–Crippen LogP) is 2.90. The summed E-state index contributed by atoms with van der Waals surface area (Å²) < 4.78 is 10.9. The molecule has 0 amide bonds. The van der Waals surface area contributed by atoms with E-state index >= 15 is 0 Å². The van der Waals surface area contributed by atoms with Gasteiger partial charge in [-0.25, -0.2) is 9.97 Å². The summed E-state index contributed by atoms with van der Waals surface area (Å²) >= 11 is 0. The van der Waals surface area contributed by atoms with Crippen LogP contribution in [0.15, 0.2) is 42.9 Å². The fourth-order valence-corrected chi connectivity index (χ4v) is 2.76. The molecular formula is C16H10N4O2. The Hall–Kier alpha value is -3.15. The second-order valence-electron chi connectivity index (χ2n) is 5.12. The summed E-state index contributed by atoms with van der Waals surface area (Å²) in [5, 5.41) is 9.04. The number of nitrogens with zero attached hydrogens (tertiary/aromatic N) is 3. The summed E-state index contributed by atoms with van der Waals surface area (Å²) in [4.78, 5) is 8.78. The lowest BCUT2D eigenvalue weighted by Crippen LogP contribution is -1.92. The zero-order valence-electron chi connectivity index (χ0n) is 11.4. The Morgan fingerprint density at radius 2 is 1.91 bits per heavy atom. The minimum Gasteiger partial charge on any atom is -0.454 e. The molecular weight excluding hydrogens is 280 g/mol. The molecule has 0 unspecified atom stereocenters. The van der Waals surface area contributed by atoms with E-state index in [1.54, 1.807) is 12.5 Å². The number of rotatable bonds is 1. The Balaban J connectivity index is 1.79. The first-order valence-corrected chi connectivity index (χ1v) is 6.86. The fraction of sp³-hybridized carbons (Fsp3) is 0.0625. The van der Waals surface area contributed by atoms with Crippen molar-refractivity contribution in [2.24, 2.45) is 0 Å². The van der Waals surface area contributed by atoms with Gasteiger partial charge in [-0.3, -0.25) is 5.10 Å². The van der Waals surface area contributed by atoms with Crippen molar-refractivity contribution in [1.82, 2.24) is 20.2 Å². The fourth-order valence-electron chi connectivity index (χ4n) is 2.76. The molecule has 6 heteroatoms. The van der Waals surface area contributed by atoms with Crippen LogP contribution >= 0.6 is 0 Å². The van der Waals surface area contributed by atoms with Crippen LogP contribution in [-0.4, -0.2) is 27.0 Å². The Morgan fingerprint density at radius 1 is 1.00 bits per heavy atom. The van der Waals surface area contributed by atoms with E-state index in [2.05, 4.69) is 20.2 Å². The third-order valence-corrected chi connectivity index (χ3v) is 3.85. The van der Waals surface area contributed by atoms with Crippen molar-refractivity contribution in [2.45, 2.75) is 0 Å². The second kappa shape index (κ2) is 4.17. The molecule has 3 heterocycles. The number of fused-ring (bicyclic) bond motifs is 3. The molecule has 5 rings (SSSR count). The van der Waals surface area contributed by atoms with Crippen molar-refractivity contribution in [2.75, 3.05) is 6.79 Å². The number of ether oxygens (including phenoxy) is 2. The first kappa shape index (κ1) is 11.5. The molecule has 0 saturated heterocycles. The zero-order valence-corrected chi connectivity index (χ0v) is 11.4. The Labute approximate surface area is 124 Å². The molecule has 0 spiro atoms. The van der Waals surface area contributed by atoms with Gasteiger partial charge in [0.15, 0.2) is 11.5 Å². The van der Waals surface area contributed by atoms with Crippen LogP contribution in [0, 0.1) is 0 Å². The van der Waals surface area contributed by atoms with Gasteiger partial charge >= 0.3 is 0 Å². The van der Waals surface area contributed by atoms with E-state index in [1.165, 1.54) is 0 Å². The van der Waals surface area contributed by atoms with Gasteiger partial charge in [0.05, 0.1) is 22.9 Å². The summed E-state index contributed by atoms with van der Waals surface area (Å²) in [6.07, 6.45) is 3.37. The van der Waals surface area contributed by atoms with Gasteiger partial charge in [0, 0.05) is 22.4 Å². The molecule has 1 aliphatic rings. The normalized spacial score (nSPS) is 13.1. The predicted molar refractivity (Wildman–Crippen MR) is 80.7 cm³/mol. The van der Waals surface area contributed by atoms with Crippen molar-refractivity contribution >= 4 is 21.8 Å². The molecule has 6 nitrogen and oxygen atoms in total. The number of nitrogens with one attached hydrogen (secondary N) is 1. The standard InChI is InChI=1S/C16H10N4O2/c1-2-10-6-19-20-12(10)3-9(1)16-11-4-14-15(22-8-21-14)5-13(11)17-7-18-16/h1-7H,8H2,(H,19,20). The van der Waals surface area contributed by atoms with Gasteiger partial charge in [-0.05, 0) is 12.1 Å². The van der Waals surface area contributed by atoms with E-state index < -0.39 is 0 Å². The molecule has 2 aromatic carbocycles. The van der Waals surface area contributed by atoms with Crippen LogP contribution < -0.4 is 9.47 Å². The van der Waals surface area contributed by atoms with Gasteiger partial charge in [0.25, 0.3) is 0 Å².